The van der Waals surface area contributed by atoms with Crippen molar-refractivity contribution in [2.24, 2.45) is 11.5 Å². The molecule has 196 valence electrons. The lowest BCUT2D eigenvalue weighted by atomic mass is 10.0. The summed E-state index contributed by atoms with van der Waals surface area (Å²) in [6.45, 7) is 0.0753. The summed E-state index contributed by atoms with van der Waals surface area (Å²) in [4.78, 5) is 73.4. The Morgan fingerprint density at radius 1 is 1.00 bits per heavy atom. The zero-order valence-electron chi connectivity index (χ0n) is 19.3. The molecule has 1 heterocycles. The third-order valence-electron chi connectivity index (χ3n) is 5.58. The number of likely N-dealkylation sites (tertiary alicyclic amines) is 1. The number of primary amides is 1. The van der Waals surface area contributed by atoms with E-state index in [-0.39, 0.29) is 25.1 Å². The molecule has 1 aliphatic heterocycles. The van der Waals surface area contributed by atoms with Crippen molar-refractivity contribution in [2.45, 2.75) is 56.3 Å². The maximum Gasteiger partial charge on any atom is 0.326 e. The number of phenolic OH excluding ortho intramolecular Hbond substituents is 1. The Bertz CT molecular complexity index is 1010. The molecular weight excluding hydrogens is 478 g/mol. The average Bonchev–Trinajstić information content (AvgIpc) is 3.28. The topological polar surface area (TPSA) is 242 Å². The van der Waals surface area contributed by atoms with Gasteiger partial charge in [0.1, 0.15) is 23.9 Å². The fraction of sp³-hybridized carbons (Fsp3) is 0.455. The van der Waals surface area contributed by atoms with E-state index in [4.69, 9.17) is 11.5 Å². The van der Waals surface area contributed by atoms with Crippen molar-refractivity contribution >= 4 is 35.6 Å². The third kappa shape index (κ3) is 7.94. The van der Waals surface area contributed by atoms with Gasteiger partial charge in [0.05, 0.1) is 18.9 Å². The van der Waals surface area contributed by atoms with E-state index in [0.717, 1.165) is 4.90 Å². The number of hydrogen-bond donors (Lipinski definition) is 7. The summed E-state index contributed by atoms with van der Waals surface area (Å²) in [5.74, 6) is -6.17. The van der Waals surface area contributed by atoms with Crippen LogP contribution in [0.25, 0.3) is 0 Å². The molecule has 4 unspecified atom stereocenters. The van der Waals surface area contributed by atoms with Crippen LogP contribution in [0.5, 0.6) is 5.75 Å². The van der Waals surface area contributed by atoms with Gasteiger partial charge in [0.15, 0.2) is 0 Å². The normalized spacial score (nSPS) is 17.5. The van der Waals surface area contributed by atoms with Crippen LogP contribution in [0.2, 0.25) is 0 Å². The van der Waals surface area contributed by atoms with Crippen LogP contribution in [0.1, 0.15) is 31.2 Å². The first kappa shape index (κ1) is 28.0. The van der Waals surface area contributed by atoms with Crippen LogP contribution < -0.4 is 22.1 Å². The fourth-order valence-corrected chi connectivity index (χ4v) is 3.80. The number of amides is 4. The molecule has 0 radical (unpaired) electrons. The average molecular weight is 508 g/mol. The number of nitrogens with one attached hydrogen (secondary N) is 2. The van der Waals surface area contributed by atoms with Crippen LogP contribution in [0, 0.1) is 0 Å². The molecule has 0 aliphatic carbocycles. The van der Waals surface area contributed by atoms with Gasteiger partial charge in [-0.25, -0.2) is 4.79 Å². The number of nitrogens with zero attached hydrogens (tertiary/aromatic N) is 1. The summed E-state index contributed by atoms with van der Waals surface area (Å²) in [6.07, 6.45) is -0.840. The monoisotopic (exact) mass is 507 g/mol. The fourth-order valence-electron chi connectivity index (χ4n) is 3.80. The van der Waals surface area contributed by atoms with Gasteiger partial charge in [0.2, 0.25) is 23.6 Å². The van der Waals surface area contributed by atoms with Crippen LogP contribution in [-0.2, 0) is 35.2 Å². The highest BCUT2D eigenvalue weighted by atomic mass is 16.4. The van der Waals surface area contributed by atoms with Gasteiger partial charge < -0.3 is 42.3 Å². The van der Waals surface area contributed by atoms with Crippen molar-refractivity contribution in [3.63, 3.8) is 0 Å². The Morgan fingerprint density at radius 2 is 1.64 bits per heavy atom. The summed E-state index contributed by atoms with van der Waals surface area (Å²) in [7, 11) is 0. The minimum absolute atomic E-state index is 0.00615. The Kier molecular flexibility index (Phi) is 9.73. The number of aliphatic carboxylic acids is 2. The minimum atomic E-state index is -1.57. The lowest BCUT2D eigenvalue weighted by Crippen LogP contribution is -2.57. The van der Waals surface area contributed by atoms with E-state index < -0.39 is 72.6 Å². The van der Waals surface area contributed by atoms with E-state index >= 15 is 0 Å². The second kappa shape index (κ2) is 12.5. The molecule has 14 heteroatoms. The lowest BCUT2D eigenvalue weighted by Gasteiger charge is -2.29. The summed E-state index contributed by atoms with van der Waals surface area (Å²) < 4.78 is 0. The Morgan fingerprint density at radius 3 is 2.19 bits per heavy atom. The van der Waals surface area contributed by atoms with E-state index in [0.29, 0.717) is 12.0 Å². The molecule has 4 amide bonds. The number of carboxylic acid groups (broad SMARTS) is 2. The van der Waals surface area contributed by atoms with Gasteiger partial charge in [-0.3, -0.25) is 24.0 Å². The number of aromatic hydroxyl groups is 1. The van der Waals surface area contributed by atoms with E-state index in [2.05, 4.69) is 10.6 Å². The summed E-state index contributed by atoms with van der Waals surface area (Å²) in [5.41, 5.74) is 11.1. The zero-order valence-corrected chi connectivity index (χ0v) is 19.3. The summed E-state index contributed by atoms with van der Waals surface area (Å²) >= 11 is 0. The number of rotatable bonds is 12. The van der Waals surface area contributed by atoms with E-state index in [1.807, 2.05) is 0 Å². The predicted octanol–water partition coefficient (Wildman–Crippen LogP) is -2.34. The molecule has 36 heavy (non-hydrogen) atoms. The smallest absolute Gasteiger partial charge is 0.326 e. The van der Waals surface area contributed by atoms with Gasteiger partial charge in [0.25, 0.3) is 0 Å². The van der Waals surface area contributed by atoms with Gasteiger partial charge in [0, 0.05) is 13.0 Å². The minimum Gasteiger partial charge on any atom is -0.508 e. The quantitative estimate of drug-likeness (QED) is 0.159. The van der Waals surface area contributed by atoms with Crippen molar-refractivity contribution in [1.29, 1.82) is 0 Å². The van der Waals surface area contributed by atoms with Crippen LogP contribution in [0.15, 0.2) is 24.3 Å². The number of nitrogens with two attached hydrogens (primary N) is 2. The second-order valence-electron chi connectivity index (χ2n) is 8.40. The number of carbonyl (C=O) groups excluding carboxylic acids is 4. The van der Waals surface area contributed by atoms with Gasteiger partial charge in [-0.05, 0) is 30.5 Å². The first-order chi connectivity index (χ1) is 16.9. The molecule has 2 rings (SSSR count). The molecule has 1 fully saturated rings. The Labute approximate surface area is 205 Å². The molecule has 4 atom stereocenters. The molecule has 0 bridgehead atoms. The van der Waals surface area contributed by atoms with Crippen LogP contribution >= 0.6 is 0 Å². The number of carbonyl (C=O) groups is 6. The molecule has 14 nitrogen and oxygen atoms in total. The number of benzene rings is 1. The van der Waals surface area contributed by atoms with Gasteiger partial charge in [-0.15, -0.1) is 0 Å². The zero-order chi connectivity index (χ0) is 27.0. The molecule has 1 aliphatic rings. The van der Waals surface area contributed by atoms with Crippen LogP contribution in [0.3, 0.4) is 0 Å². The SMILES string of the molecule is NC(=O)CC(N)C(=O)NC(CC(=O)O)C(=O)N1CCCC1C(=O)NC(Cc1ccc(O)cc1)C(=O)O. The molecule has 0 aromatic heterocycles. The Hall–Kier alpha value is -4.20. The standard InChI is InChI=1S/C22H29N5O9/c23-13(9-17(24)29)19(32)25-14(10-18(30)31)21(34)27-7-1-2-16(27)20(33)26-15(22(35)36)8-11-3-5-12(28)6-4-11/h3-6,13-16,28H,1-2,7-10,23H2,(H2,24,29)(H,25,32)(H,26,33)(H,30,31)(H,35,36). The van der Waals surface area contributed by atoms with E-state index in [1.54, 1.807) is 0 Å². The highest BCUT2D eigenvalue weighted by molar-refractivity contribution is 5.96. The Balaban J connectivity index is 2.13. The molecule has 1 aromatic carbocycles. The van der Waals surface area contributed by atoms with Crippen LogP contribution in [0.4, 0.5) is 0 Å². The van der Waals surface area contributed by atoms with Gasteiger partial charge in [-0.1, -0.05) is 12.1 Å². The molecule has 0 spiro atoms. The highest BCUT2D eigenvalue weighted by Crippen LogP contribution is 2.20. The highest BCUT2D eigenvalue weighted by Gasteiger charge is 2.39. The van der Waals surface area contributed by atoms with Gasteiger partial charge >= 0.3 is 11.9 Å². The van der Waals surface area contributed by atoms with Crippen molar-refractivity contribution in [3.8, 4) is 5.75 Å². The lowest BCUT2D eigenvalue weighted by molar-refractivity contribution is -0.147. The van der Waals surface area contributed by atoms with E-state index in [1.165, 1.54) is 24.3 Å². The number of hydrogen-bond acceptors (Lipinski definition) is 8. The molecule has 0 saturated carbocycles. The molecule has 9 N–H and O–H groups in total. The number of phenols is 1. The van der Waals surface area contributed by atoms with Crippen LogP contribution in [-0.4, -0.2) is 86.5 Å². The van der Waals surface area contributed by atoms with Crippen molar-refractivity contribution < 1.29 is 44.1 Å². The van der Waals surface area contributed by atoms with Gasteiger partial charge in [-0.2, -0.15) is 0 Å². The largest absolute Gasteiger partial charge is 0.508 e. The van der Waals surface area contributed by atoms with Crippen molar-refractivity contribution in [3.05, 3.63) is 29.8 Å². The maximum absolute atomic E-state index is 13.1. The second-order valence-corrected chi connectivity index (χ2v) is 8.40. The van der Waals surface area contributed by atoms with Crippen molar-refractivity contribution in [2.75, 3.05) is 6.54 Å². The maximum atomic E-state index is 13.1. The molecule has 1 aromatic rings. The first-order valence-electron chi connectivity index (χ1n) is 11.1. The summed E-state index contributed by atoms with van der Waals surface area (Å²) in [5, 5.41) is 32.7. The summed E-state index contributed by atoms with van der Waals surface area (Å²) in [6, 6.07) is 0.359. The molecular formula is C22H29N5O9. The third-order valence-corrected chi connectivity index (χ3v) is 5.58. The number of carboxylic acids is 2. The molecule has 1 saturated heterocycles. The predicted molar refractivity (Wildman–Crippen MR) is 122 cm³/mol. The first-order valence-corrected chi connectivity index (χ1v) is 11.1. The van der Waals surface area contributed by atoms with Crippen molar-refractivity contribution in [1.82, 2.24) is 15.5 Å². The van der Waals surface area contributed by atoms with E-state index in [9.17, 15) is 44.1 Å².